The molecule has 0 aromatic heterocycles. The molecule has 2 aliphatic rings. The first-order valence-electron chi connectivity index (χ1n) is 9.53. The number of piperidine rings is 1. The highest BCUT2D eigenvalue weighted by Gasteiger charge is 2.38. The normalized spacial score (nSPS) is 23.0. The van der Waals surface area contributed by atoms with Gasteiger partial charge in [-0.1, -0.05) is 12.1 Å². The molecule has 0 aliphatic carbocycles. The van der Waals surface area contributed by atoms with Crippen LogP contribution in [-0.4, -0.2) is 45.4 Å². The predicted octanol–water partition coefficient (Wildman–Crippen LogP) is 3.97. The van der Waals surface area contributed by atoms with Gasteiger partial charge < -0.3 is 19.9 Å². The van der Waals surface area contributed by atoms with Crippen LogP contribution in [0.2, 0.25) is 0 Å². The molecule has 0 amide bonds. The topological polar surface area (TPSA) is 57.0 Å². The lowest BCUT2D eigenvalue weighted by Gasteiger charge is -2.46. The number of methoxy groups -OCH3 is 3. The third-order valence-corrected chi connectivity index (χ3v) is 6.08. The first-order chi connectivity index (χ1) is 13.1. The molecule has 0 bridgehead atoms. The molecule has 0 radical (unpaired) electrons. The van der Waals surface area contributed by atoms with E-state index in [1.807, 2.05) is 6.07 Å². The van der Waals surface area contributed by atoms with E-state index in [2.05, 4.69) is 35.2 Å². The van der Waals surface area contributed by atoms with Gasteiger partial charge in [0.05, 0.1) is 21.3 Å². The fourth-order valence-electron chi connectivity index (χ4n) is 4.61. The van der Waals surface area contributed by atoms with Crippen LogP contribution in [0.25, 0.3) is 0 Å². The second-order valence-corrected chi connectivity index (χ2v) is 7.45. The van der Waals surface area contributed by atoms with E-state index in [9.17, 15) is 0 Å². The summed E-state index contributed by atoms with van der Waals surface area (Å²) in [4.78, 5) is 2.57. The van der Waals surface area contributed by atoms with Crippen LogP contribution in [0.5, 0.6) is 17.2 Å². The number of halogens is 2. The second-order valence-electron chi connectivity index (χ2n) is 7.45. The number of ether oxygens (including phenoxy) is 3. The molecule has 5 nitrogen and oxygen atoms in total. The molecular formula is C22H30Cl2N2O3. The molecule has 0 unspecified atom stereocenters. The Bertz CT molecular complexity index is 834. The van der Waals surface area contributed by atoms with Crippen molar-refractivity contribution in [1.29, 1.82) is 0 Å². The van der Waals surface area contributed by atoms with Gasteiger partial charge in [-0.2, -0.15) is 0 Å². The zero-order valence-corrected chi connectivity index (χ0v) is 18.7. The number of nitrogens with two attached hydrogens (primary N) is 1. The Balaban J connectivity index is 0.00000150. The maximum Gasteiger partial charge on any atom is 0.161 e. The van der Waals surface area contributed by atoms with Crippen molar-refractivity contribution in [2.24, 2.45) is 5.73 Å². The number of hydrogen-bond donors (Lipinski definition) is 1. The Morgan fingerprint density at radius 2 is 1.69 bits per heavy atom. The van der Waals surface area contributed by atoms with Crippen LogP contribution in [-0.2, 0) is 6.42 Å². The number of benzene rings is 2. The Kier molecular flexibility index (Phi) is 8.06. The van der Waals surface area contributed by atoms with Crippen molar-refractivity contribution < 1.29 is 14.2 Å². The molecule has 2 heterocycles. The van der Waals surface area contributed by atoms with E-state index in [1.54, 1.807) is 21.3 Å². The molecule has 2 aromatic carbocycles. The molecule has 160 valence electrons. The van der Waals surface area contributed by atoms with Gasteiger partial charge in [0.2, 0.25) is 0 Å². The molecule has 2 aliphatic heterocycles. The summed E-state index contributed by atoms with van der Waals surface area (Å²) in [5.41, 5.74) is 10.6. The van der Waals surface area contributed by atoms with Crippen LogP contribution in [0.4, 0.5) is 0 Å². The van der Waals surface area contributed by atoms with Gasteiger partial charge in [-0.15, -0.1) is 24.8 Å². The van der Waals surface area contributed by atoms with Crippen molar-refractivity contribution in [1.82, 2.24) is 4.90 Å². The van der Waals surface area contributed by atoms with E-state index < -0.39 is 0 Å². The second kappa shape index (κ2) is 9.90. The van der Waals surface area contributed by atoms with Crippen LogP contribution in [0.3, 0.4) is 0 Å². The van der Waals surface area contributed by atoms with Gasteiger partial charge in [-0.05, 0) is 53.8 Å². The zero-order valence-electron chi connectivity index (χ0n) is 17.1. The highest BCUT2D eigenvalue weighted by molar-refractivity contribution is 5.85. The van der Waals surface area contributed by atoms with Crippen molar-refractivity contribution >= 4 is 24.8 Å². The van der Waals surface area contributed by atoms with Crippen LogP contribution >= 0.6 is 24.8 Å². The minimum Gasteiger partial charge on any atom is -0.497 e. The molecule has 7 heteroatoms. The Hall–Kier alpha value is -1.66. The molecule has 1 fully saturated rings. The van der Waals surface area contributed by atoms with Crippen LogP contribution in [0.15, 0.2) is 36.4 Å². The SMILES string of the molecule is COc1cccc([C@@H]2CN3CCc4cc(OC)c(OC)cc4[C@H]3C[C@@H]2N)c1.Cl.Cl. The lowest BCUT2D eigenvalue weighted by atomic mass is 9.78. The van der Waals surface area contributed by atoms with Gasteiger partial charge in [0, 0.05) is 31.1 Å². The highest BCUT2D eigenvalue weighted by Crippen LogP contribution is 2.44. The van der Waals surface area contributed by atoms with Gasteiger partial charge in [0.25, 0.3) is 0 Å². The van der Waals surface area contributed by atoms with E-state index >= 15 is 0 Å². The summed E-state index contributed by atoms with van der Waals surface area (Å²) in [5.74, 6) is 2.81. The van der Waals surface area contributed by atoms with Crippen molar-refractivity contribution in [3.05, 3.63) is 53.1 Å². The smallest absolute Gasteiger partial charge is 0.161 e. The Labute approximate surface area is 185 Å². The molecule has 3 atom stereocenters. The van der Waals surface area contributed by atoms with Gasteiger partial charge >= 0.3 is 0 Å². The monoisotopic (exact) mass is 440 g/mol. The van der Waals surface area contributed by atoms with Crippen molar-refractivity contribution in [3.8, 4) is 17.2 Å². The van der Waals surface area contributed by atoms with Gasteiger partial charge in [-0.25, -0.2) is 0 Å². The van der Waals surface area contributed by atoms with Crippen LogP contribution in [0, 0.1) is 0 Å². The first-order valence-corrected chi connectivity index (χ1v) is 9.53. The molecule has 1 saturated heterocycles. The fourth-order valence-corrected chi connectivity index (χ4v) is 4.61. The van der Waals surface area contributed by atoms with Crippen molar-refractivity contribution in [3.63, 3.8) is 0 Å². The summed E-state index contributed by atoms with van der Waals surface area (Å²) in [5, 5.41) is 0. The van der Waals surface area contributed by atoms with E-state index in [-0.39, 0.29) is 30.9 Å². The molecule has 2 aromatic rings. The van der Waals surface area contributed by atoms with E-state index in [0.29, 0.717) is 12.0 Å². The van der Waals surface area contributed by atoms with Crippen molar-refractivity contribution in [2.45, 2.75) is 30.8 Å². The average molecular weight is 441 g/mol. The third-order valence-electron chi connectivity index (χ3n) is 6.08. The molecule has 0 saturated carbocycles. The maximum atomic E-state index is 6.67. The molecular weight excluding hydrogens is 411 g/mol. The van der Waals surface area contributed by atoms with E-state index in [1.165, 1.54) is 16.7 Å². The quantitative estimate of drug-likeness (QED) is 0.778. The summed E-state index contributed by atoms with van der Waals surface area (Å²) >= 11 is 0. The molecule has 4 rings (SSSR count). The van der Waals surface area contributed by atoms with Crippen LogP contribution < -0.4 is 19.9 Å². The van der Waals surface area contributed by atoms with Gasteiger partial charge in [-0.3, -0.25) is 4.90 Å². The third kappa shape index (κ3) is 4.43. The molecule has 0 spiro atoms. The average Bonchev–Trinajstić information content (AvgIpc) is 2.72. The highest BCUT2D eigenvalue weighted by atomic mass is 35.5. The summed E-state index contributed by atoms with van der Waals surface area (Å²) in [7, 11) is 5.09. The first kappa shape index (κ1) is 23.6. The number of fused-ring (bicyclic) bond motifs is 3. The summed E-state index contributed by atoms with van der Waals surface area (Å²) in [6.45, 7) is 2.01. The maximum absolute atomic E-state index is 6.67. The fraction of sp³-hybridized carbons (Fsp3) is 0.455. The van der Waals surface area contributed by atoms with Gasteiger partial charge in [0.1, 0.15) is 5.75 Å². The minimum absolute atomic E-state index is 0. The van der Waals surface area contributed by atoms with E-state index in [4.69, 9.17) is 19.9 Å². The largest absolute Gasteiger partial charge is 0.497 e. The summed E-state index contributed by atoms with van der Waals surface area (Å²) in [6.07, 6.45) is 1.95. The number of nitrogens with zero attached hydrogens (tertiary/aromatic N) is 1. The predicted molar refractivity (Wildman–Crippen MR) is 120 cm³/mol. The Morgan fingerprint density at radius 1 is 0.966 bits per heavy atom. The number of rotatable bonds is 4. The summed E-state index contributed by atoms with van der Waals surface area (Å²) < 4.78 is 16.4. The summed E-state index contributed by atoms with van der Waals surface area (Å²) in [6, 6.07) is 13.0. The standard InChI is InChI=1S/C22H28N2O3.2ClH/c1-25-16-6-4-5-14(9-16)18-13-24-8-7-15-10-21(26-2)22(27-3)11-17(15)20(24)12-19(18)23;;/h4-6,9-11,18-20H,7-8,12-13,23H2,1-3H3;2*1H/t18-,19-,20+;;/m0../s1. The lowest BCUT2D eigenvalue weighted by molar-refractivity contribution is 0.109. The van der Waals surface area contributed by atoms with E-state index in [0.717, 1.165) is 43.2 Å². The number of hydrogen-bond acceptors (Lipinski definition) is 5. The lowest BCUT2D eigenvalue weighted by Crippen LogP contribution is -2.49. The van der Waals surface area contributed by atoms with Crippen LogP contribution in [0.1, 0.15) is 35.1 Å². The molecule has 29 heavy (non-hydrogen) atoms. The van der Waals surface area contributed by atoms with Crippen molar-refractivity contribution in [2.75, 3.05) is 34.4 Å². The zero-order chi connectivity index (χ0) is 19.0. The Morgan fingerprint density at radius 3 is 2.38 bits per heavy atom. The van der Waals surface area contributed by atoms with Gasteiger partial charge in [0.15, 0.2) is 11.5 Å². The molecule has 2 N–H and O–H groups in total. The minimum atomic E-state index is 0.